The molecule has 5 heteroatoms. The Morgan fingerprint density at radius 2 is 1.73 bits per heavy atom. The molecule has 1 fully saturated rings. The van der Waals surface area contributed by atoms with Crippen LogP contribution in [0.1, 0.15) is 28.5 Å². The molecule has 0 radical (unpaired) electrons. The minimum Gasteiger partial charge on any atom is -0.347 e. The zero-order valence-electron chi connectivity index (χ0n) is 17.2. The minimum atomic E-state index is -0.501. The molecule has 1 aliphatic heterocycles. The standard InChI is InChI=1S/C25H27N3O2/c1-27(17-23-9-5-6-14-26-23)15-20-10-12-21(13-11-20)16-28-18-24(30-25(28)19-29)22-7-3-2-4-8-22/h2-14,19,24-25H,15-18H2,1H3/t24-,25?/m0/s1. The third-order valence-corrected chi connectivity index (χ3v) is 5.37. The molecule has 0 amide bonds. The van der Waals surface area contributed by atoms with Gasteiger partial charge in [0.2, 0.25) is 0 Å². The Balaban J connectivity index is 1.34. The highest BCUT2D eigenvalue weighted by atomic mass is 16.5. The Morgan fingerprint density at radius 1 is 1.00 bits per heavy atom. The topological polar surface area (TPSA) is 45.7 Å². The summed E-state index contributed by atoms with van der Waals surface area (Å²) in [5.74, 6) is 0. The maximum Gasteiger partial charge on any atom is 0.168 e. The number of carbonyl (C=O) groups is 1. The highest BCUT2D eigenvalue weighted by molar-refractivity contribution is 5.56. The summed E-state index contributed by atoms with van der Waals surface area (Å²) in [4.78, 5) is 20.3. The number of ether oxygens (including phenoxy) is 1. The van der Waals surface area contributed by atoms with Crippen LogP contribution in [-0.4, -0.2) is 40.9 Å². The third-order valence-electron chi connectivity index (χ3n) is 5.37. The lowest BCUT2D eigenvalue weighted by Crippen LogP contribution is -2.30. The summed E-state index contributed by atoms with van der Waals surface area (Å²) in [6.07, 6.45) is 2.15. The van der Waals surface area contributed by atoms with Gasteiger partial charge < -0.3 is 4.74 Å². The molecule has 1 aromatic heterocycles. The van der Waals surface area contributed by atoms with Gasteiger partial charge in [-0.1, -0.05) is 60.7 Å². The molecule has 0 spiro atoms. The van der Waals surface area contributed by atoms with Gasteiger partial charge in [-0.05, 0) is 35.9 Å². The zero-order chi connectivity index (χ0) is 20.8. The normalized spacial score (nSPS) is 19.3. The molecule has 1 aliphatic rings. The summed E-state index contributed by atoms with van der Waals surface area (Å²) in [6, 6.07) is 24.7. The van der Waals surface area contributed by atoms with E-state index in [1.165, 1.54) is 11.1 Å². The van der Waals surface area contributed by atoms with Crippen LogP contribution in [0.3, 0.4) is 0 Å². The molecule has 30 heavy (non-hydrogen) atoms. The van der Waals surface area contributed by atoms with E-state index >= 15 is 0 Å². The van der Waals surface area contributed by atoms with Crippen molar-refractivity contribution in [3.05, 3.63) is 101 Å². The highest BCUT2D eigenvalue weighted by Gasteiger charge is 2.33. The van der Waals surface area contributed by atoms with Crippen LogP contribution in [-0.2, 0) is 29.2 Å². The van der Waals surface area contributed by atoms with Gasteiger partial charge in [-0.15, -0.1) is 0 Å². The molecule has 2 heterocycles. The first-order chi connectivity index (χ1) is 14.7. The lowest BCUT2D eigenvalue weighted by Gasteiger charge is -2.19. The van der Waals surface area contributed by atoms with Gasteiger partial charge in [-0.2, -0.15) is 0 Å². The maximum atomic E-state index is 11.5. The predicted octanol–water partition coefficient (Wildman–Crippen LogP) is 3.81. The Hall–Kier alpha value is -2.86. The smallest absolute Gasteiger partial charge is 0.168 e. The Morgan fingerprint density at radius 3 is 2.43 bits per heavy atom. The molecule has 1 unspecified atom stereocenters. The number of carbonyl (C=O) groups excluding carboxylic acids is 1. The van der Waals surface area contributed by atoms with E-state index in [4.69, 9.17) is 4.74 Å². The van der Waals surface area contributed by atoms with E-state index in [-0.39, 0.29) is 6.10 Å². The van der Waals surface area contributed by atoms with Gasteiger partial charge in [0, 0.05) is 32.4 Å². The maximum absolute atomic E-state index is 11.5. The van der Waals surface area contributed by atoms with Gasteiger partial charge in [-0.3, -0.25) is 19.6 Å². The van der Waals surface area contributed by atoms with Crippen molar-refractivity contribution in [2.75, 3.05) is 13.6 Å². The van der Waals surface area contributed by atoms with E-state index in [2.05, 4.69) is 46.1 Å². The number of hydrogen-bond acceptors (Lipinski definition) is 5. The summed E-state index contributed by atoms with van der Waals surface area (Å²) >= 11 is 0. The lowest BCUT2D eigenvalue weighted by atomic mass is 10.1. The first-order valence-electron chi connectivity index (χ1n) is 10.3. The highest BCUT2D eigenvalue weighted by Crippen LogP contribution is 2.29. The van der Waals surface area contributed by atoms with E-state index in [9.17, 15) is 4.79 Å². The fourth-order valence-electron chi connectivity index (χ4n) is 3.86. The van der Waals surface area contributed by atoms with E-state index in [1.54, 1.807) is 0 Å². The Bertz CT molecular complexity index is 932. The van der Waals surface area contributed by atoms with Crippen LogP contribution >= 0.6 is 0 Å². The molecule has 0 aliphatic carbocycles. The summed E-state index contributed by atoms with van der Waals surface area (Å²) in [7, 11) is 2.10. The van der Waals surface area contributed by atoms with Crippen molar-refractivity contribution < 1.29 is 9.53 Å². The van der Waals surface area contributed by atoms with Crippen LogP contribution in [0.15, 0.2) is 79.0 Å². The molecule has 0 N–H and O–H groups in total. The molecule has 1 saturated heterocycles. The summed E-state index contributed by atoms with van der Waals surface area (Å²) in [5, 5.41) is 0. The van der Waals surface area contributed by atoms with Crippen LogP contribution in [0.5, 0.6) is 0 Å². The van der Waals surface area contributed by atoms with Crippen molar-refractivity contribution >= 4 is 6.29 Å². The number of pyridine rings is 1. The predicted molar refractivity (Wildman–Crippen MR) is 116 cm³/mol. The Kier molecular flexibility index (Phi) is 6.64. The van der Waals surface area contributed by atoms with Crippen molar-refractivity contribution in [2.24, 2.45) is 0 Å². The van der Waals surface area contributed by atoms with E-state index in [0.717, 1.165) is 30.6 Å². The third kappa shape index (κ3) is 5.19. The molecule has 4 rings (SSSR count). The van der Waals surface area contributed by atoms with Crippen LogP contribution in [0.4, 0.5) is 0 Å². The molecule has 2 atom stereocenters. The second-order valence-electron chi connectivity index (χ2n) is 7.80. The average molecular weight is 402 g/mol. The number of rotatable bonds is 8. The molecular formula is C25H27N3O2. The van der Waals surface area contributed by atoms with Crippen molar-refractivity contribution in [1.82, 2.24) is 14.8 Å². The minimum absolute atomic E-state index is 0.0686. The molecule has 154 valence electrons. The Labute approximate surface area is 177 Å². The number of nitrogens with zero attached hydrogens (tertiary/aromatic N) is 3. The first kappa shape index (κ1) is 20.4. The number of aldehydes is 1. The molecule has 0 bridgehead atoms. The second-order valence-corrected chi connectivity index (χ2v) is 7.80. The summed E-state index contributed by atoms with van der Waals surface area (Å²) in [5.41, 5.74) is 4.61. The van der Waals surface area contributed by atoms with Crippen molar-refractivity contribution in [1.29, 1.82) is 0 Å². The molecular weight excluding hydrogens is 374 g/mol. The number of hydrogen-bond donors (Lipinski definition) is 0. The molecule has 2 aromatic carbocycles. The van der Waals surface area contributed by atoms with Gasteiger partial charge in [0.25, 0.3) is 0 Å². The van der Waals surface area contributed by atoms with E-state index in [0.29, 0.717) is 13.1 Å². The lowest BCUT2D eigenvalue weighted by molar-refractivity contribution is -0.123. The van der Waals surface area contributed by atoms with E-state index < -0.39 is 6.23 Å². The number of aromatic nitrogens is 1. The first-order valence-corrected chi connectivity index (χ1v) is 10.3. The fraction of sp³-hybridized carbons (Fsp3) is 0.280. The van der Waals surface area contributed by atoms with E-state index in [1.807, 2.05) is 54.7 Å². The molecule has 3 aromatic rings. The monoisotopic (exact) mass is 401 g/mol. The fourth-order valence-corrected chi connectivity index (χ4v) is 3.86. The van der Waals surface area contributed by atoms with Gasteiger partial charge in [0.15, 0.2) is 12.5 Å². The van der Waals surface area contributed by atoms with Crippen LogP contribution in [0.25, 0.3) is 0 Å². The van der Waals surface area contributed by atoms with Crippen LogP contribution in [0.2, 0.25) is 0 Å². The molecule has 0 saturated carbocycles. The second kappa shape index (κ2) is 9.76. The van der Waals surface area contributed by atoms with Crippen LogP contribution < -0.4 is 0 Å². The average Bonchev–Trinajstić information content (AvgIpc) is 3.19. The number of benzene rings is 2. The van der Waals surface area contributed by atoms with Gasteiger partial charge in [-0.25, -0.2) is 0 Å². The van der Waals surface area contributed by atoms with Crippen LogP contribution in [0, 0.1) is 0 Å². The van der Waals surface area contributed by atoms with Crippen molar-refractivity contribution in [3.63, 3.8) is 0 Å². The molecule has 5 nitrogen and oxygen atoms in total. The SMILES string of the molecule is CN(Cc1ccc(CN2C[C@@H](c3ccccc3)OC2C=O)cc1)Cc1ccccn1. The largest absolute Gasteiger partial charge is 0.347 e. The van der Waals surface area contributed by atoms with Gasteiger partial charge >= 0.3 is 0 Å². The van der Waals surface area contributed by atoms with Gasteiger partial charge in [0.1, 0.15) is 0 Å². The summed E-state index contributed by atoms with van der Waals surface area (Å²) in [6.45, 7) is 3.07. The summed E-state index contributed by atoms with van der Waals surface area (Å²) < 4.78 is 5.96. The van der Waals surface area contributed by atoms with Gasteiger partial charge in [0.05, 0.1) is 11.8 Å². The zero-order valence-corrected chi connectivity index (χ0v) is 17.2. The van der Waals surface area contributed by atoms with Crippen molar-refractivity contribution in [3.8, 4) is 0 Å². The van der Waals surface area contributed by atoms with Crippen molar-refractivity contribution in [2.45, 2.75) is 32.0 Å². The quantitative estimate of drug-likeness (QED) is 0.537.